The van der Waals surface area contributed by atoms with E-state index in [9.17, 15) is 0 Å². The standard InChI is InChI=1S/C18H24N2/c1-3-15-9-11-17(12-10-15)18(13-19)20-14(2)16-7-5-4-6-8-16/h4-12,14,18,20H,3,13,19H2,1-2H3. The average molecular weight is 268 g/mol. The fourth-order valence-corrected chi connectivity index (χ4v) is 2.43. The Hall–Kier alpha value is -1.64. The highest BCUT2D eigenvalue weighted by molar-refractivity contribution is 5.26. The van der Waals surface area contributed by atoms with E-state index in [1.807, 2.05) is 6.07 Å². The third-order valence-electron chi connectivity index (χ3n) is 3.78. The Morgan fingerprint density at radius 1 is 0.950 bits per heavy atom. The molecule has 0 aromatic heterocycles. The van der Waals surface area contributed by atoms with Gasteiger partial charge in [0.15, 0.2) is 0 Å². The second-order valence-corrected chi connectivity index (χ2v) is 5.18. The van der Waals surface area contributed by atoms with Crippen molar-refractivity contribution in [2.45, 2.75) is 32.4 Å². The first-order valence-corrected chi connectivity index (χ1v) is 7.34. The Morgan fingerprint density at radius 3 is 2.15 bits per heavy atom. The minimum Gasteiger partial charge on any atom is -0.329 e. The van der Waals surface area contributed by atoms with E-state index < -0.39 is 0 Å². The van der Waals surface area contributed by atoms with Crippen LogP contribution in [0.2, 0.25) is 0 Å². The molecule has 2 nitrogen and oxygen atoms in total. The van der Waals surface area contributed by atoms with E-state index in [0.29, 0.717) is 6.54 Å². The fourth-order valence-electron chi connectivity index (χ4n) is 2.43. The number of nitrogens with one attached hydrogen (secondary N) is 1. The van der Waals surface area contributed by atoms with Gasteiger partial charge in [-0.3, -0.25) is 0 Å². The van der Waals surface area contributed by atoms with Crippen LogP contribution in [0.1, 0.15) is 42.6 Å². The van der Waals surface area contributed by atoms with E-state index >= 15 is 0 Å². The molecule has 0 fully saturated rings. The third-order valence-corrected chi connectivity index (χ3v) is 3.78. The minimum absolute atomic E-state index is 0.191. The Bertz CT molecular complexity index is 505. The van der Waals surface area contributed by atoms with Crippen LogP contribution in [0, 0.1) is 0 Å². The summed E-state index contributed by atoms with van der Waals surface area (Å²) in [5.41, 5.74) is 9.85. The van der Waals surface area contributed by atoms with E-state index in [1.165, 1.54) is 16.7 Å². The lowest BCUT2D eigenvalue weighted by Crippen LogP contribution is -2.30. The van der Waals surface area contributed by atoms with Crippen molar-refractivity contribution in [1.82, 2.24) is 5.32 Å². The summed E-state index contributed by atoms with van der Waals surface area (Å²) in [6, 6.07) is 19.7. The molecule has 0 bridgehead atoms. The maximum absolute atomic E-state index is 5.94. The monoisotopic (exact) mass is 268 g/mol. The molecule has 2 unspecified atom stereocenters. The maximum atomic E-state index is 5.94. The Labute approximate surface area is 122 Å². The molecule has 2 aromatic rings. The van der Waals surface area contributed by atoms with Crippen LogP contribution in [0.3, 0.4) is 0 Å². The lowest BCUT2D eigenvalue weighted by atomic mass is 10.0. The van der Waals surface area contributed by atoms with Crippen LogP contribution in [-0.2, 0) is 6.42 Å². The van der Waals surface area contributed by atoms with Gasteiger partial charge in [0.1, 0.15) is 0 Å². The third kappa shape index (κ3) is 3.69. The molecule has 0 aliphatic heterocycles. The minimum atomic E-state index is 0.191. The molecule has 2 aromatic carbocycles. The predicted molar refractivity (Wildman–Crippen MR) is 85.6 cm³/mol. The van der Waals surface area contributed by atoms with Crippen molar-refractivity contribution in [3.63, 3.8) is 0 Å². The summed E-state index contributed by atoms with van der Waals surface area (Å²) in [4.78, 5) is 0. The first kappa shape index (κ1) is 14.8. The lowest BCUT2D eigenvalue weighted by molar-refractivity contribution is 0.473. The van der Waals surface area contributed by atoms with Crippen LogP contribution in [0.5, 0.6) is 0 Å². The van der Waals surface area contributed by atoms with E-state index in [4.69, 9.17) is 5.73 Å². The first-order valence-electron chi connectivity index (χ1n) is 7.34. The summed E-state index contributed by atoms with van der Waals surface area (Å²) in [6.45, 7) is 4.95. The van der Waals surface area contributed by atoms with Gasteiger partial charge in [0, 0.05) is 18.6 Å². The smallest absolute Gasteiger partial charge is 0.0449 e. The number of nitrogens with two attached hydrogens (primary N) is 1. The molecule has 0 aliphatic carbocycles. The molecule has 2 heteroatoms. The van der Waals surface area contributed by atoms with Crippen molar-refractivity contribution in [2.24, 2.45) is 5.73 Å². The van der Waals surface area contributed by atoms with Crippen LogP contribution in [0.25, 0.3) is 0 Å². The molecular weight excluding hydrogens is 244 g/mol. The lowest BCUT2D eigenvalue weighted by Gasteiger charge is -2.23. The first-order chi connectivity index (χ1) is 9.74. The van der Waals surface area contributed by atoms with Gasteiger partial charge in [-0.05, 0) is 30.0 Å². The van der Waals surface area contributed by atoms with Crippen LogP contribution in [0.4, 0.5) is 0 Å². The number of benzene rings is 2. The van der Waals surface area contributed by atoms with Crippen LogP contribution in [-0.4, -0.2) is 6.54 Å². The highest BCUT2D eigenvalue weighted by atomic mass is 15.0. The SMILES string of the molecule is CCc1ccc(C(CN)NC(C)c2ccccc2)cc1. The Kier molecular flexibility index (Phi) is 5.33. The van der Waals surface area contributed by atoms with Gasteiger partial charge in [-0.2, -0.15) is 0 Å². The molecule has 2 atom stereocenters. The largest absolute Gasteiger partial charge is 0.329 e. The molecular formula is C18H24N2. The number of rotatable bonds is 6. The quantitative estimate of drug-likeness (QED) is 0.840. The molecule has 0 amide bonds. The van der Waals surface area contributed by atoms with Gasteiger partial charge in [0.05, 0.1) is 0 Å². The van der Waals surface area contributed by atoms with E-state index in [0.717, 1.165) is 6.42 Å². The van der Waals surface area contributed by atoms with Gasteiger partial charge in [0.25, 0.3) is 0 Å². The van der Waals surface area contributed by atoms with E-state index in [1.54, 1.807) is 0 Å². The van der Waals surface area contributed by atoms with E-state index in [2.05, 4.69) is 67.7 Å². The molecule has 2 rings (SSSR count). The van der Waals surface area contributed by atoms with Crippen molar-refractivity contribution in [1.29, 1.82) is 0 Å². The molecule has 0 saturated heterocycles. The summed E-state index contributed by atoms with van der Waals surface area (Å²) < 4.78 is 0. The Morgan fingerprint density at radius 2 is 1.60 bits per heavy atom. The number of hydrogen-bond acceptors (Lipinski definition) is 2. The molecule has 20 heavy (non-hydrogen) atoms. The van der Waals surface area contributed by atoms with Crippen molar-refractivity contribution in [2.75, 3.05) is 6.54 Å². The molecule has 0 saturated carbocycles. The summed E-state index contributed by atoms with van der Waals surface area (Å²) in [5.74, 6) is 0. The van der Waals surface area contributed by atoms with Crippen LogP contribution >= 0.6 is 0 Å². The average Bonchev–Trinajstić information content (AvgIpc) is 2.53. The van der Waals surface area contributed by atoms with Gasteiger partial charge in [0.2, 0.25) is 0 Å². The summed E-state index contributed by atoms with van der Waals surface area (Å²) >= 11 is 0. The Balaban J connectivity index is 2.08. The van der Waals surface area contributed by atoms with Crippen molar-refractivity contribution in [3.8, 4) is 0 Å². The molecule has 0 aliphatic rings. The number of hydrogen-bond donors (Lipinski definition) is 2. The predicted octanol–water partition coefficient (Wildman–Crippen LogP) is 3.60. The molecule has 0 heterocycles. The normalized spacial score (nSPS) is 13.9. The van der Waals surface area contributed by atoms with Crippen molar-refractivity contribution in [3.05, 3.63) is 71.3 Å². The summed E-state index contributed by atoms with van der Waals surface area (Å²) in [7, 11) is 0. The van der Waals surface area contributed by atoms with Gasteiger partial charge < -0.3 is 11.1 Å². The molecule has 3 N–H and O–H groups in total. The van der Waals surface area contributed by atoms with Crippen molar-refractivity contribution < 1.29 is 0 Å². The van der Waals surface area contributed by atoms with Crippen LogP contribution < -0.4 is 11.1 Å². The topological polar surface area (TPSA) is 38.0 Å². The highest BCUT2D eigenvalue weighted by Gasteiger charge is 2.13. The van der Waals surface area contributed by atoms with Gasteiger partial charge in [-0.25, -0.2) is 0 Å². The second-order valence-electron chi connectivity index (χ2n) is 5.18. The summed E-state index contributed by atoms with van der Waals surface area (Å²) in [6.07, 6.45) is 1.07. The molecule has 106 valence electrons. The van der Waals surface area contributed by atoms with Crippen LogP contribution in [0.15, 0.2) is 54.6 Å². The highest BCUT2D eigenvalue weighted by Crippen LogP contribution is 2.19. The zero-order valence-electron chi connectivity index (χ0n) is 12.3. The zero-order valence-corrected chi connectivity index (χ0v) is 12.3. The molecule has 0 spiro atoms. The van der Waals surface area contributed by atoms with Gasteiger partial charge >= 0.3 is 0 Å². The summed E-state index contributed by atoms with van der Waals surface area (Å²) in [5, 5.41) is 3.61. The molecule has 0 radical (unpaired) electrons. The maximum Gasteiger partial charge on any atom is 0.0449 e. The second kappa shape index (κ2) is 7.22. The van der Waals surface area contributed by atoms with Gasteiger partial charge in [-0.1, -0.05) is 61.5 Å². The van der Waals surface area contributed by atoms with E-state index in [-0.39, 0.29) is 12.1 Å². The van der Waals surface area contributed by atoms with Gasteiger partial charge in [-0.15, -0.1) is 0 Å². The fraction of sp³-hybridized carbons (Fsp3) is 0.333. The number of aryl methyl sites for hydroxylation is 1. The van der Waals surface area contributed by atoms with Crippen molar-refractivity contribution >= 4 is 0 Å². The zero-order chi connectivity index (χ0) is 14.4.